The third-order valence-corrected chi connectivity index (χ3v) is 13.1. The van der Waals surface area contributed by atoms with E-state index in [1.54, 1.807) is 0 Å². The Bertz CT molecular complexity index is 3340. The Morgan fingerprint density at radius 3 is 1.69 bits per heavy atom. The van der Waals surface area contributed by atoms with E-state index in [2.05, 4.69) is 206 Å². The molecule has 2 aromatic heterocycles. The van der Waals surface area contributed by atoms with E-state index in [-0.39, 0.29) is 0 Å². The molecule has 0 saturated carbocycles. The highest BCUT2D eigenvalue weighted by atomic mass is 15.2. The number of fused-ring (bicyclic) bond motifs is 12. The lowest BCUT2D eigenvalue weighted by Crippen LogP contribution is -2.36. The van der Waals surface area contributed by atoms with E-state index in [0.29, 0.717) is 0 Å². The van der Waals surface area contributed by atoms with E-state index in [1.807, 2.05) is 13.0 Å². The Morgan fingerprint density at radius 2 is 1.00 bits per heavy atom. The van der Waals surface area contributed by atoms with Crippen LogP contribution in [0.25, 0.3) is 61.1 Å². The lowest BCUT2D eigenvalue weighted by atomic mass is 9.64. The molecule has 1 aliphatic carbocycles. The van der Waals surface area contributed by atoms with Gasteiger partial charge in [-0.2, -0.15) is 0 Å². The monoisotopic (exact) mass is 782 g/mol. The van der Waals surface area contributed by atoms with Gasteiger partial charge in [-0.1, -0.05) is 139 Å². The maximum Gasteiger partial charge on any atom is 0.126 e. The van der Waals surface area contributed by atoms with E-state index in [0.717, 1.165) is 45.3 Å². The van der Waals surface area contributed by atoms with E-state index >= 15 is 0 Å². The van der Waals surface area contributed by atoms with Crippen LogP contribution < -0.4 is 4.90 Å². The minimum Gasteiger partial charge on any atom is -0.310 e. The first-order chi connectivity index (χ1) is 29.9. The molecule has 1 aliphatic heterocycles. The van der Waals surface area contributed by atoms with E-state index in [9.17, 15) is 0 Å². The minimum absolute atomic E-state index is 0.557. The Labute approximate surface area is 356 Å². The largest absolute Gasteiger partial charge is 0.310 e. The number of anilines is 3. The first kappa shape index (κ1) is 35.4. The molecule has 0 atom stereocenters. The summed E-state index contributed by atoms with van der Waals surface area (Å²) in [5.74, 6) is 0.762. The number of aromatic nitrogens is 3. The molecule has 3 heterocycles. The number of hydrogen-bond donors (Lipinski definition) is 0. The summed E-state index contributed by atoms with van der Waals surface area (Å²) in [5.41, 5.74) is 22.0. The fraction of sp³-hybridized carbons (Fsp3) is 0.0877. The van der Waals surface area contributed by atoms with Crippen LogP contribution in [0.3, 0.4) is 0 Å². The van der Waals surface area contributed by atoms with Gasteiger partial charge in [0, 0.05) is 38.8 Å². The molecule has 0 amide bonds. The Hall–Kier alpha value is -7.56. The van der Waals surface area contributed by atoms with Gasteiger partial charge >= 0.3 is 0 Å². The van der Waals surface area contributed by atoms with Crippen LogP contribution in [0.5, 0.6) is 0 Å². The number of aryl methyl sites for hydroxylation is 3. The molecule has 8 aromatic carbocycles. The summed E-state index contributed by atoms with van der Waals surface area (Å²) in [5, 5.41) is 2.52. The van der Waals surface area contributed by atoms with Crippen molar-refractivity contribution >= 4 is 38.9 Å². The minimum atomic E-state index is -0.557. The van der Waals surface area contributed by atoms with Crippen LogP contribution in [0.2, 0.25) is 0 Å². The molecule has 0 fully saturated rings. The summed E-state index contributed by atoms with van der Waals surface area (Å²) in [6.07, 6.45) is 0. The molecule has 10 aromatic rings. The molecule has 12 rings (SSSR count). The highest BCUT2D eigenvalue weighted by molar-refractivity contribution is 6.12. The van der Waals surface area contributed by atoms with Crippen molar-refractivity contribution in [1.29, 1.82) is 0 Å². The summed E-state index contributed by atoms with van der Waals surface area (Å²) < 4.78 is 2.44. The van der Waals surface area contributed by atoms with Crippen LogP contribution in [-0.4, -0.2) is 14.5 Å². The molecule has 0 radical (unpaired) electrons. The lowest BCUT2D eigenvalue weighted by molar-refractivity contribution is 0.751. The first-order valence-electron chi connectivity index (χ1n) is 21.2. The van der Waals surface area contributed by atoms with Crippen LogP contribution >= 0.6 is 0 Å². The number of nitrogens with zero attached hydrogens (tertiary/aromatic N) is 4. The average molecular weight is 783 g/mol. The molecule has 1 spiro atoms. The Balaban J connectivity index is 1.10. The van der Waals surface area contributed by atoms with Crippen LogP contribution in [0.15, 0.2) is 182 Å². The van der Waals surface area contributed by atoms with Crippen molar-refractivity contribution in [3.05, 3.63) is 227 Å². The van der Waals surface area contributed by atoms with Gasteiger partial charge in [0.15, 0.2) is 0 Å². The topological polar surface area (TPSA) is 34.0 Å². The number of benzene rings is 8. The van der Waals surface area contributed by atoms with Crippen molar-refractivity contribution in [1.82, 2.24) is 14.5 Å². The molecule has 0 saturated heterocycles. The Morgan fingerprint density at radius 1 is 0.410 bits per heavy atom. The second-order valence-corrected chi connectivity index (χ2v) is 16.8. The van der Waals surface area contributed by atoms with Gasteiger partial charge in [-0.05, 0) is 116 Å². The number of para-hydroxylation sites is 2. The molecule has 290 valence electrons. The van der Waals surface area contributed by atoms with Crippen molar-refractivity contribution in [3.63, 3.8) is 0 Å². The van der Waals surface area contributed by atoms with Crippen LogP contribution in [-0.2, 0) is 5.41 Å². The van der Waals surface area contributed by atoms with Crippen LogP contribution in [0.1, 0.15) is 44.8 Å². The predicted octanol–water partition coefficient (Wildman–Crippen LogP) is 14.3. The maximum absolute atomic E-state index is 4.99. The quantitative estimate of drug-likeness (QED) is 0.178. The van der Waals surface area contributed by atoms with Gasteiger partial charge in [0.2, 0.25) is 0 Å². The van der Waals surface area contributed by atoms with Gasteiger partial charge < -0.3 is 9.47 Å². The fourth-order valence-corrected chi connectivity index (χ4v) is 10.6. The molecular formula is C57H42N4. The van der Waals surface area contributed by atoms with E-state index in [1.165, 1.54) is 77.7 Å². The van der Waals surface area contributed by atoms with Gasteiger partial charge in [-0.3, -0.25) is 0 Å². The summed E-state index contributed by atoms with van der Waals surface area (Å²) in [6, 6.07) is 67.3. The first-order valence-corrected chi connectivity index (χ1v) is 21.2. The van der Waals surface area contributed by atoms with Gasteiger partial charge in [0.1, 0.15) is 5.82 Å². The molecule has 0 bridgehead atoms. The summed E-state index contributed by atoms with van der Waals surface area (Å²) >= 11 is 0. The standard InChI is InChI=1S/C57H42N4/c1-35-23-29-52-49(31-35)57(47-21-13-11-19-43(47)45-34-54-46(33-48(45)57)44-20-12-14-22-51(44)60(54)41-17-9-6-10-18-41)50-32-36(2)24-30-53(50)61(52)42-27-25-40(26-28-42)56-37(3)55(58-38(4)59-56)39-15-7-5-8-16-39/h5-34H,1-4H3. The maximum atomic E-state index is 4.99. The average Bonchev–Trinajstić information content (AvgIpc) is 3.77. The normalized spacial score (nSPS) is 13.3. The molecule has 4 heteroatoms. The van der Waals surface area contributed by atoms with Crippen molar-refractivity contribution in [2.24, 2.45) is 0 Å². The SMILES string of the molecule is Cc1ccc2c(c1)C1(c3ccccc3-c3cc4c(cc31)c1ccccc1n4-c1ccccc1)c1cc(C)ccc1N2c1ccc(-c2nc(C)nc(-c3ccccc3)c2C)cc1. The molecule has 0 N–H and O–H groups in total. The van der Waals surface area contributed by atoms with Crippen LogP contribution in [0.4, 0.5) is 17.1 Å². The summed E-state index contributed by atoms with van der Waals surface area (Å²) in [7, 11) is 0. The lowest BCUT2D eigenvalue weighted by Gasteiger charge is -2.45. The molecule has 0 unspecified atom stereocenters. The third-order valence-electron chi connectivity index (χ3n) is 13.1. The van der Waals surface area contributed by atoms with E-state index in [4.69, 9.17) is 9.97 Å². The molecule has 61 heavy (non-hydrogen) atoms. The summed E-state index contributed by atoms with van der Waals surface area (Å²) in [6.45, 7) is 8.58. The van der Waals surface area contributed by atoms with E-state index < -0.39 is 5.41 Å². The van der Waals surface area contributed by atoms with Crippen molar-refractivity contribution in [2.45, 2.75) is 33.1 Å². The van der Waals surface area contributed by atoms with Crippen molar-refractivity contribution in [3.8, 4) is 39.3 Å². The van der Waals surface area contributed by atoms with Gasteiger partial charge in [0.05, 0.1) is 39.2 Å². The summed E-state index contributed by atoms with van der Waals surface area (Å²) in [4.78, 5) is 12.3. The second-order valence-electron chi connectivity index (χ2n) is 16.8. The highest BCUT2D eigenvalue weighted by Gasteiger charge is 2.52. The smallest absolute Gasteiger partial charge is 0.126 e. The van der Waals surface area contributed by atoms with Crippen LogP contribution in [0, 0.1) is 27.7 Å². The predicted molar refractivity (Wildman–Crippen MR) is 252 cm³/mol. The molecular weight excluding hydrogens is 741 g/mol. The van der Waals surface area contributed by atoms with Gasteiger partial charge in [0.25, 0.3) is 0 Å². The second kappa shape index (κ2) is 13.2. The highest BCUT2D eigenvalue weighted by Crippen LogP contribution is 2.64. The third kappa shape index (κ3) is 5.06. The van der Waals surface area contributed by atoms with Crippen molar-refractivity contribution in [2.75, 3.05) is 4.90 Å². The Kier molecular flexibility index (Phi) is 7.67. The molecule has 2 aliphatic rings. The zero-order chi connectivity index (χ0) is 41.0. The fourth-order valence-electron chi connectivity index (χ4n) is 10.6. The van der Waals surface area contributed by atoms with Gasteiger partial charge in [-0.15, -0.1) is 0 Å². The van der Waals surface area contributed by atoms with Gasteiger partial charge in [-0.25, -0.2) is 9.97 Å². The zero-order valence-corrected chi connectivity index (χ0v) is 34.6. The number of rotatable bonds is 4. The zero-order valence-electron chi connectivity index (χ0n) is 34.6. The molecule has 4 nitrogen and oxygen atoms in total. The van der Waals surface area contributed by atoms with Crippen molar-refractivity contribution < 1.29 is 0 Å². The number of hydrogen-bond acceptors (Lipinski definition) is 3.